The second-order valence-electron chi connectivity index (χ2n) is 5.86. The van der Waals surface area contributed by atoms with Crippen molar-refractivity contribution in [1.29, 1.82) is 0 Å². The maximum atomic E-state index is 12.6. The SMILES string of the molecule is Cc1c(C(=O)Nc2cc(CO)ccc2Cl)nnn1Cc1ccc(Cl)c(Cl)c1. The first-order valence-electron chi connectivity index (χ1n) is 7.93. The largest absolute Gasteiger partial charge is 0.392 e. The van der Waals surface area contributed by atoms with Crippen LogP contribution >= 0.6 is 34.8 Å². The lowest BCUT2D eigenvalue weighted by atomic mass is 10.2. The van der Waals surface area contributed by atoms with Gasteiger partial charge in [0.05, 0.1) is 39.6 Å². The number of hydrogen-bond donors (Lipinski definition) is 2. The molecule has 1 amide bonds. The molecule has 0 aliphatic carbocycles. The van der Waals surface area contributed by atoms with Gasteiger partial charge in [0.25, 0.3) is 5.91 Å². The van der Waals surface area contributed by atoms with Crippen molar-refractivity contribution in [2.24, 2.45) is 0 Å². The summed E-state index contributed by atoms with van der Waals surface area (Å²) in [5, 5.41) is 21.2. The van der Waals surface area contributed by atoms with E-state index in [9.17, 15) is 9.90 Å². The van der Waals surface area contributed by atoms with Gasteiger partial charge in [0.1, 0.15) is 0 Å². The van der Waals surface area contributed by atoms with Crippen LogP contribution in [0.1, 0.15) is 27.3 Å². The number of aliphatic hydroxyl groups is 1. The Kier molecular flexibility index (Phi) is 6.01. The molecular weight excluding hydrogens is 411 g/mol. The molecule has 0 unspecified atom stereocenters. The Balaban J connectivity index is 1.80. The number of amides is 1. The van der Waals surface area contributed by atoms with E-state index in [0.717, 1.165) is 5.56 Å². The molecule has 27 heavy (non-hydrogen) atoms. The molecule has 1 heterocycles. The zero-order valence-corrected chi connectivity index (χ0v) is 16.5. The number of carbonyl (C=O) groups is 1. The van der Waals surface area contributed by atoms with Crippen LogP contribution in [0.15, 0.2) is 36.4 Å². The highest BCUT2D eigenvalue weighted by Crippen LogP contribution is 2.25. The molecule has 2 aromatic carbocycles. The van der Waals surface area contributed by atoms with Gasteiger partial charge in [-0.15, -0.1) is 5.10 Å². The first kappa shape index (κ1) is 19.6. The molecule has 140 valence electrons. The smallest absolute Gasteiger partial charge is 0.278 e. The molecule has 9 heteroatoms. The predicted molar refractivity (Wildman–Crippen MR) is 106 cm³/mol. The van der Waals surface area contributed by atoms with Crippen molar-refractivity contribution in [2.45, 2.75) is 20.1 Å². The van der Waals surface area contributed by atoms with E-state index in [1.165, 1.54) is 0 Å². The highest BCUT2D eigenvalue weighted by molar-refractivity contribution is 6.42. The van der Waals surface area contributed by atoms with E-state index in [4.69, 9.17) is 34.8 Å². The zero-order chi connectivity index (χ0) is 19.6. The maximum absolute atomic E-state index is 12.6. The van der Waals surface area contributed by atoms with Crippen LogP contribution in [-0.2, 0) is 13.2 Å². The molecule has 0 spiro atoms. The minimum atomic E-state index is -0.440. The summed E-state index contributed by atoms with van der Waals surface area (Å²) in [5.41, 5.74) is 2.68. The lowest BCUT2D eigenvalue weighted by Gasteiger charge is -2.08. The molecule has 0 saturated heterocycles. The second-order valence-corrected chi connectivity index (χ2v) is 7.08. The fourth-order valence-corrected chi connectivity index (χ4v) is 2.96. The van der Waals surface area contributed by atoms with Gasteiger partial charge in [-0.25, -0.2) is 4.68 Å². The first-order valence-corrected chi connectivity index (χ1v) is 9.07. The van der Waals surface area contributed by atoms with Gasteiger partial charge in [-0.1, -0.05) is 52.1 Å². The zero-order valence-electron chi connectivity index (χ0n) is 14.2. The molecular formula is C18H15Cl3N4O2. The predicted octanol–water partition coefficient (Wildman–Crippen LogP) is 4.34. The van der Waals surface area contributed by atoms with Crippen LogP contribution in [0.5, 0.6) is 0 Å². The monoisotopic (exact) mass is 424 g/mol. The summed E-state index contributed by atoms with van der Waals surface area (Å²) in [6.45, 7) is 1.99. The molecule has 0 fully saturated rings. The fourth-order valence-electron chi connectivity index (χ4n) is 2.48. The molecule has 1 aromatic heterocycles. The number of carbonyl (C=O) groups excluding carboxylic acids is 1. The number of rotatable bonds is 5. The van der Waals surface area contributed by atoms with E-state index < -0.39 is 5.91 Å². The van der Waals surface area contributed by atoms with E-state index in [-0.39, 0.29) is 12.3 Å². The lowest BCUT2D eigenvalue weighted by Crippen LogP contribution is -2.15. The summed E-state index contributed by atoms with van der Waals surface area (Å²) in [6, 6.07) is 10.2. The van der Waals surface area contributed by atoms with Crippen molar-refractivity contribution < 1.29 is 9.90 Å². The number of anilines is 1. The molecule has 0 saturated carbocycles. The van der Waals surface area contributed by atoms with Crippen molar-refractivity contribution in [1.82, 2.24) is 15.0 Å². The van der Waals surface area contributed by atoms with Crippen molar-refractivity contribution in [3.05, 3.63) is 74.0 Å². The van der Waals surface area contributed by atoms with Crippen molar-refractivity contribution >= 4 is 46.4 Å². The van der Waals surface area contributed by atoms with Crippen LogP contribution in [0, 0.1) is 6.92 Å². The molecule has 0 aliphatic rings. The number of nitrogens with one attached hydrogen (secondary N) is 1. The topological polar surface area (TPSA) is 80.0 Å². The van der Waals surface area contributed by atoms with Crippen molar-refractivity contribution in [2.75, 3.05) is 5.32 Å². The molecule has 0 aliphatic heterocycles. The molecule has 0 radical (unpaired) electrons. The molecule has 6 nitrogen and oxygen atoms in total. The summed E-state index contributed by atoms with van der Waals surface area (Å²) in [6.07, 6.45) is 0. The van der Waals surface area contributed by atoms with Crippen molar-refractivity contribution in [3.8, 4) is 0 Å². The summed E-state index contributed by atoms with van der Waals surface area (Å²) in [4.78, 5) is 12.6. The Morgan fingerprint density at radius 1 is 1.07 bits per heavy atom. The number of halogens is 3. The van der Waals surface area contributed by atoms with Crippen LogP contribution < -0.4 is 5.32 Å². The number of aromatic nitrogens is 3. The van der Waals surface area contributed by atoms with Crippen LogP contribution in [-0.4, -0.2) is 26.0 Å². The second kappa shape index (κ2) is 8.27. The third kappa shape index (κ3) is 4.42. The lowest BCUT2D eigenvalue weighted by molar-refractivity contribution is 0.102. The Morgan fingerprint density at radius 2 is 1.78 bits per heavy atom. The van der Waals surface area contributed by atoms with E-state index in [0.29, 0.717) is 38.6 Å². The summed E-state index contributed by atoms with van der Waals surface area (Å²) >= 11 is 18.1. The van der Waals surface area contributed by atoms with Gasteiger partial charge in [0, 0.05) is 0 Å². The average molecular weight is 426 g/mol. The van der Waals surface area contributed by atoms with Crippen LogP contribution in [0.4, 0.5) is 5.69 Å². The number of hydrogen-bond acceptors (Lipinski definition) is 4. The quantitative estimate of drug-likeness (QED) is 0.637. The van der Waals surface area contributed by atoms with Crippen LogP contribution in [0.25, 0.3) is 0 Å². The third-order valence-electron chi connectivity index (χ3n) is 3.98. The number of benzene rings is 2. The molecule has 0 atom stereocenters. The Bertz CT molecular complexity index is 1000. The maximum Gasteiger partial charge on any atom is 0.278 e. The van der Waals surface area contributed by atoms with Crippen LogP contribution in [0.3, 0.4) is 0 Å². The molecule has 3 aromatic rings. The van der Waals surface area contributed by atoms with Gasteiger partial charge in [-0.2, -0.15) is 0 Å². The van der Waals surface area contributed by atoms with Gasteiger partial charge < -0.3 is 10.4 Å². The third-order valence-corrected chi connectivity index (χ3v) is 5.04. The van der Waals surface area contributed by atoms with E-state index in [1.54, 1.807) is 41.9 Å². The Labute approximate surface area is 170 Å². The number of nitrogens with zero attached hydrogens (tertiary/aromatic N) is 3. The number of aliphatic hydroxyl groups excluding tert-OH is 1. The normalized spacial score (nSPS) is 10.9. The standard InChI is InChI=1S/C18H15Cl3N4O2/c1-10-17(18(27)22-16-7-12(9-26)3-5-14(16)20)23-24-25(10)8-11-2-4-13(19)15(21)6-11/h2-7,26H,8-9H2,1H3,(H,22,27). The summed E-state index contributed by atoms with van der Waals surface area (Å²) in [5.74, 6) is -0.440. The van der Waals surface area contributed by atoms with E-state index >= 15 is 0 Å². The summed E-state index contributed by atoms with van der Waals surface area (Å²) < 4.78 is 1.60. The highest BCUT2D eigenvalue weighted by atomic mass is 35.5. The minimum Gasteiger partial charge on any atom is -0.392 e. The van der Waals surface area contributed by atoms with Gasteiger partial charge in [-0.05, 0) is 42.3 Å². The minimum absolute atomic E-state index is 0.154. The first-order chi connectivity index (χ1) is 12.9. The van der Waals surface area contributed by atoms with Gasteiger partial charge in [0.2, 0.25) is 0 Å². The van der Waals surface area contributed by atoms with E-state index in [1.807, 2.05) is 6.07 Å². The average Bonchev–Trinajstić information content (AvgIpc) is 3.00. The molecule has 0 bridgehead atoms. The van der Waals surface area contributed by atoms with Gasteiger partial charge >= 0.3 is 0 Å². The van der Waals surface area contributed by atoms with Gasteiger partial charge in [0.15, 0.2) is 5.69 Å². The summed E-state index contributed by atoms with van der Waals surface area (Å²) in [7, 11) is 0. The fraction of sp³-hybridized carbons (Fsp3) is 0.167. The van der Waals surface area contributed by atoms with Gasteiger partial charge in [-0.3, -0.25) is 4.79 Å². The van der Waals surface area contributed by atoms with E-state index in [2.05, 4.69) is 15.6 Å². The molecule has 2 N–H and O–H groups in total. The molecule has 3 rings (SSSR count). The Morgan fingerprint density at radius 3 is 2.48 bits per heavy atom. The van der Waals surface area contributed by atoms with Crippen LogP contribution in [0.2, 0.25) is 15.1 Å². The van der Waals surface area contributed by atoms with Crippen molar-refractivity contribution in [3.63, 3.8) is 0 Å². The highest BCUT2D eigenvalue weighted by Gasteiger charge is 2.18. The Hall–Kier alpha value is -2.12.